The fraction of sp³-hybridized carbons (Fsp3) is 0.238. The van der Waals surface area contributed by atoms with Crippen LogP contribution in [0.4, 0.5) is 4.39 Å². The summed E-state index contributed by atoms with van der Waals surface area (Å²) in [6.07, 6.45) is 0. The molecule has 1 atom stereocenters. The van der Waals surface area contributed by atoms with E-state index in [9.17, 15) is 9.18 Å². The molecule has 0 spiro atoms. The largest absolute Gasteiger partial charge is 0.472 e. The molecule has 0 N–H and O–H groups in total. The number of halogens is 1. The van der Waals surface area contributed by atoms with E-state index in [1.54, 1.807) is 4.90 Å². The number of hydrogen-bond acceptors (Lipinski definition) is 3. The summed E-state index contributed by atoms with van der Waals surface area (Å²) in [6, 6.07) is 17.4. The first kappa shape index (κ1) is 17.3. The van der Waals surface area contributed by atoms with Crippen LogP contribution in [0.25, 0.3) is 0 Å². The van der Waals surface area contributed by atoms with Gasteiger partial charge in [-0.2, -0.15) is 0 Å². The van der Waals surface area contributed by atoms with Gasteiger partial charge in [-0.25, -0.2) is 4.39 Å². The summed E-state index contributed by atoms with van der Waals surface area (Å²) in [7, 11) is 0. The highest BCUT2D eigenvalue weighted by atomic mass is 19.1. The highest BCUT2D eigenvalue weighted by Crippen LogP contribution is 2.23. The molecule has 0 saturated carbocycles. The molecule has 3 aromatic rings. The molecule has 0 bridgehead atoms. The van der Waals surface area contributed by atoms with Crippen molar-refractivity contribution in [3.8, 4) is 5.88 Å². The molecule has 0 fully saturated rings. The molecule has 2 heterocycles. The van der Waals surface area contributed by atoms with Crippen molar-refractivity contribution in [1.82, 2.24) is 14.7 Å². The Balaban J connectivity index is 1.47. The summed E-state index contributed by atoms with van der Waals surface area (Å²) >= 11 is 0. The van der Waals surface area contributed by atoms with Gasteiger partial charge in [-0.3, -0.25) is 9.48 Å². The maximum atomic E-state index is 13.1. The first-order chi connectivity index (χ1) is 13.1. The third-order valence-corrected chi connectivity index (χ3v) is 4.72. The molecule has 1 aliphatic rings. The summed E-state index contributed by atoms with van der Waals surface area (Å²) in [5.41, 5.74) is 2.48. The van der Waals surface area contributed by atoms with Gasteiger partial charge in [0.2, 0.25) is 5.88 Å². The molecule has 1 aromatic heterocycles. The van der Waals surface area contributed by atoms with Crippen LogP contribution >= 0.6 is 0 Å². The lowest BCUT2D eigenvalue weighted by molar-refractivity contribution is 0.0606. The van der Waals surface area contributed by atoms with E-state index in [-0.39, 0.29) is 17.8 Å². The molecule has 0 saturated heterocycles. The molecule has 138 valence electrons. The van der Waals surface area contributed by atoms with E-state index in [2.05, 4.69) is 5.10 Å². The van der Waals surface area contributed by atoms with Gasteiger partial charge in [0, 0.05) is 17.7 Å². The number of nitrogens with zero attached hydrogens (tertiary/aromatic N) is 3. The standard InChI is InChI=1S/C21H20FN3O2/c1-15-12-25-19(11-20(23-25)27-14-16-5-3-2-4-6-16)13-24(15)21(26)17-7-9-18(22)10-8-17/h2-11,15H,12-14H2,1H3/t15-/m1/s1. The number of fused-ring (bicyclic) bond motifs is 1. The molecule has 0 radical (unpaired) electrons. The summed E-state index contributed by atoms with van der Waals surface area (Å²) in [6.45, 7) is 3.47. The highest BCUT2D eigenvalue weighted by molar-refractivity contribution is 5.94. The lowest BCUT2D eigenvalue weighted by Gasteiger charge is -2.33. The van der Waals surface area contributed by atoms with Gasteiger partial charge < -0.3 is 9.64 Å². The quantitative estimate of drug-likeness (QED) is 0.709. The van der Waals surface area contributed by atoms with Crippen LogP contribution in [0.1, 0.15) is 28.5 Å². The normalized spacial score (nSPS) is 16.1. The van der Waals surface area contributed by atoms with Crippen molar-refractivity contribution in [2.75, 3.05) is 0 Å². The molecule has 1 amide bonds. The number of carbonyl (C=O) groups excluding carboxylic acids is 1. The first-order valence-corrected chi connectivity index (χ1v) is 8.90. The Labute approximate surface area is 157 Å². The predicted octanol–water partition coefficient (Wildman–Crippen LogP) is 3.65. The average molecular weight is 365 g/mol. The predicted molar refractivity (Wildman–Crippen MR) is 98.7 cm³/mol. The molecule has 4 rings (SSSR count). The van der Waals surface area contributed by atoms with Crippen molar-refractivity contribution in [3.63, 3.8) is 0 Å². The molecule has 0 unspecified atom stereocenters. The maximum absolute atomic E-state index is 13.1. The van der Waals surface area contributed by atoms with Crippen LogP contribution in [-0.2, 0) is 19.7 Å². The van der Waals surface area contributed by atoms with Crippen molar-refractivity contribution < 1.29 is 13.9 Å². The number of amides is 1. The van der Waals surface area contributed by atoms with E-state index >= 15 is 0 Å². The molecule has 2 aromatic carbocycles. The topological polar surface area (TPSA) is 47.4 Å². The van der Waals surface area contributed by atoms with Gasteiger partial charge in [-0.1, -0.05) is 30.3 Å². The second kappa shape index (κ2) is 7.23. The fourth-order valence-electron chi connectivity index (χ4n) is 3.23. The molecular formula is C21H20FN3O2. The zero-order valence-electron chi connectivity index (χ0n) is 15.0. The molecule has 5 nitrogen and oxygen atoms in total. The van der Waals surface area contributed by atoms with Crippen molar-refractivity contribution in [2.24, 2.45) is 0 Å². The second-order valence-corrected chi connectivity index (χ2v) is 6.72. The summed E-state index contributed by atoms with van der Waals surface area (Å²) < 4.78 is 20.8. The zero-order valence-corrected chi connectivity index (χ0v) is 15.0. The number of carbonyl (C=O) groups is 1. The van der Waals surface area contributed by atoms with Gasteiger partial charge >= 0.3 is 0 Å². The van der Waals surface area contributed by atoms with E-state index in [1.165, 1.54) is 24.3 Å². The number of ether oxygens (including phenoxy) is 1. The van der Waals surface area contributed by atoms with Crippen LogP contribution in [0.3, 0.4) is 0 Å². The second-order valence-electron chi connectivity index (χ2n) is 6.72. The van der Waals surface area contributed by atoms with Crippen molar-refractivity contribution in [1.29, 1.82) is 0 Å². The van der Waals surface area contributed by atoms with E-state index in [0.717, 1.165) is 11.3 Å². The van der Waals surface area contributed by atoms with Crippen molar-refractivity contribution in [2.45, 2.75) is 32.7 Å². The van der Waals surface area contributed by atoms with Crippen molar-refractivity contribution >= 4 is 5.91 Å². The number of hydrogen-bond donors (Lipinski definition) is 0. The van der Waals surface area contributed by atoms with E-state index in [0.29, 0.717) is 31.1 Å². The number of benzene rings is 2. The van der Waals surface area contributed by atoms with Crippen molar-refractivity contribution in [3.05, 3.63) is 83.3 Å². The van der Waals surface area contributed by atoms with E-state index < -0.39 is 0 Å². The Morgan fingerprint density at radius 2 is 1.93 bits per heavy atom. The Hall–Kier alpha value is -3.15. The minimum absolute atomic E-state index is 0.0167. The first-order valence-electron chi connectivity index (χ1n) is 8.90. The Bertz CT molecular complexity index is 938. The van der Waals surface area contributed by atoms with Crippen LogP contribution < -0.4 is 4.74 Å². The van der Waals surface area contributed by atoms with Crippen LogP contribution in [0.15, 0.2) is 60.7 Å². The molecule has 27 heavy (non-hydrogen) atoms. The van der Waals surface area contributed by atoms with Gasteiger partial charge in [0.1, 0.15) is 12.4 Å². The van der Waals surface area contributed by atoms with Gasteiger partial charge in [-0.05, 0) is 36.8 Å². The maximum Gasteiger partial charge on any atom is 0.254 e. The third kappa shape index (κ3) is 3.69. The van der Waals surface area contributed by atoms with E-state index in [4.69, 9.17) is 4.74 Å². The van der Waals surface area contributed by atoms with Gasteiger partial charge in [0.05, 0.1) is 18.8 Å². The number of aromatic nitrogens is 2. The molecule has 1 aliphatic heterocycles. The summed E-state index contributed by atoms with van der Waals surface area (Å²) in [5, 5.41) is 4.50. The summed E-state index contributed by atoms with van der Waals surface area (Å²) in [5.74, 6) is 0.0929. The monoisotopic (exact) mass is 365 g/mol. The smallest absolute Gasteiger partial charge is 0.254 e. The minimum atomic E-state index is -0.350. The summed E-state index contributed by atoms with van der Waals surface area (Å²) in [4.78, 5) is 14.6. The van der Waals surface area contributed by atoms with Gasteiger partial charge in [0.15, 0.2) is 0 Å². The van der Waals surface area contributed by atoms with Gasteiger partial charge in [0.25, 0.3) is 5.91 Å². The Morgan fingerprint density at radius 3 is 2.67 bits per heavy atom. The molecular weight excluding hydrogens is 345 g/mol. The molecule has 0 aliphatic carbocycles. The Kier molecular flexibility index (Phi) is 4.62. The Morgan fingerprint density at radius 1 is 1.19 bits per heavy atom. The van der Waals surface area contributed by atoms with Crippen LogP contribution in [-0.4, -0.2) is 26.6 Å². The zero-order chi connectivity index (χ0) is 18.8. The minimum Gasteiger partial charge on any atom is -0.472 e. The lowest BCUT2D eigenvalue weighted by atomic mass is 10.1. The van der Waals surface area contributed by atoms with Crippen LogP contribution in [0.2, 0.25) is 0 Å². The number of rotatable bonds is 4. The fourth-order valence-corrected chi connectivity index (χ4v) is 3.23. The molecule has 6 heteroatoms. The SMILES string of the molecule is C[C@@H]1Cn2nc(OCc3ccccc3)cc2CN1C(=O)c1ccc(F)cc1. The lowest BCUT2D eigenvalue weighted by Crippen LogP contribution is -2.44. The third-order valence-electron chi connectivity index (χ3n) is 4.72. The highest BCUT2D eigenvalue weighted by Gasteiger charge is 2.29. The van der Waals surface area contributed by atoms with Crippen LogP contribution in [0.5, 0.6) is 5.88 Å². The average Bonchev–Trinajstić information content (AvgIpc) is 3.08. The van der Waals surface area contributed by atoms with Gasteiger partial charge in [-0.15, -0.1) is 5.10 Å². The van der Waals surface area contributed by atoms with E-state index in [1.807, 2.05) is 48.0 Å². The van der Waals surface area contributed by atoms with Crippen LogP contribution in [0, 0.1) is 5.82 Å².